The lowest BCUT2D eigenvalue weighted by atomic mass is 9.90. The van der Waals surface area contributed by atoms with Gasteiger partial charge in [-0.3, -0.25) is 14.4 Å². The van der Waals surface area contributed by atoms with Crippen LogP contribution in [0.25, 0.3) is 0 Å². The molecule has 2 aromatic carbocycles. The number of ether oxygens (including phenoxy) is 1. The Balaban J connectivity index is 1.47. The Morgan fingerprint density at radius 3 is 2.26 bits per heavy atom. The van der Waals surface area contributed by atoms with Crippen molar-refractivity contribution < 1.29 is 19.1 Å². The zero-order chi connectivity index (χ0) is 22.0. The van der Waals surface area contributed by atoms with E-state index in [0.29, 0.717) is 50.3 Å². The predicted octanol–water partition coefficient (Wildman–Crippen LogP) is 3.06. The number of hydrogen-bond donors (Lipinski definition) is 1. The van der Waals surface area contributed by atoms with Crippen LogP contribution in [0, 0.1) is 0 Å². The molecule has 1 saturated heterocycles. The zero-order valence-electron chi connectivity index (χ0n) is 17.9. The number of carbonyl (C=O) groups is 3. The quantitative estimate of drug-likeness (QED) is 0.808. The van der Waals surface area contributed by atoms with Crippen LogP contribution in [0.1, 0.15) is 42.6 Å². The number of para-hydroxylation sites is 1. The molecule has 0 atom stereocenters. The molecule has 2 heterocycles. The van der Waals surface area contributed by atoms with E-state index in [4.69, 9.17) is 4.74 Å². The lowest BCUT2D eigenvalue weighted by molar-refractivity contribution is -0.132. The van der Waals surface area contributed by atoms with Crippen molar-refractivity contribution >= 4 is 23.4 Å². The Bertz CT molecular complexity index is 994. The van der Waals surface area contributed by atoms with Gasteiger partial charge in [0.05, 0.1) is 6.54 Å². The van der Waals surface area contributed by atoms with E-state index in [0.717, 1.165) is 11.3 Å². The average molecular weight is 421 g/mol. The minimum atomic E-state index is -0.496. The Hall–Kier alpha value is -3.35. The van der Waals surface area contributed by atoms with Gasteiger partial charge in [-0.1, -0.05) is 18.2 Å². The molecule has 2 aromatic rings. The van der Waals surface area contributed by atoms with Crippen molar-refractivity contribution in [3.05, 3.63) is 59.7 Å². The monoisotopic (exact) mass is 421 g/mol. The fourth-order valence-electron chi connectivity index (χ4n) is 4.29. The highest BCUT2D eigenvalue weighted by Gasteiger charge is 2.42. The molecule has 2 aliphatic heterocycles. The summed E-state index contributed by atoms with van der Waals surface area (Å²) in [6.45, 7) is 5.20. The van der Waals surface area contributed by atoms with E-state index >= 15 is 0 Å². The maximum absolute atomic E-state index is 13.0. The van der Waals surface area contributed by atoms with E-state index in [2.05, 4.69) is 5.32 Å². The molecule has 4 rings (SSSR count). The predicted molar refractivity (Wildman–Crippen MR) is 117 cm³/mol. The van der Waals surface area contributed by atoms with Crippen molar-refractivity contribution in [2.75, 3.05) is 25.0 Å². The first kappa shape index (κ1) is 20.9. The first-order chi connectivity index (χ1) is 14.8. The molecule has 0 radical (unpaired) electrons. The standard InChI is InChI=1S/C24H27N3O4/c1-17(28)25-21-9-7-19(8-10-21)23(30)26-13-11-24(12-14-26)16-27(18(2)29)15-20-5-3-4-6-22(20)31-24/h3-10H,11-16H2,1-2H3,(H,25,28). The van der Waals surface area contributed by atoms with Crippen LogP contribution in [-0.4, -0.2) is 52.8 Å². The maximum Gasteiger partial charge on any atom is 0.253 e. The molecule has 0 saturated carbocycles. The van der Waals surface area contributed by atoms with E-state index in [-0.39, 0.29) is 17.7 Å². The molecule has 1 N–H and O–H groups in total. The molecule has 0 aromatic heterocycles. The van der Waals surface area contributed by atoms with E-state index in [1.165, 1.54) is 6.92 Å². The smallest absolute Gasteiger partial charge is 0.253 e. The number of rotatable bonds is 2. The van der Waals surface area contributed by atoms with Crippen LogP contribution in [0.4, 0.5) is 5.69 Å². The van der Waals surface area contributed by atoms with E-state index in [9.17, 15) is 14.4 Å². The number of anilines is 1. The highest BCUT2D eigenvalue weighted by atomic mass is 16.5. The van der Waals surface area contributed by atoms with Crippen molar-refractivity contribution in [3.8, 4) is 5.75 Å². The van der Waals surface area contributed by atoms with Crippen molar-refractivity contribution in [2.24, 2.45) is 0 Å². The number of nitrogens with zero attached hydrogens (tertiary/aromatic N) is 2. The number of amides is 3. The van der Waals surface area contributed by atoms with Crippen LogP contribution in [0.3, 0.4) is 0 Å². The SMILES string of the molecule is CC(=O)Nc1ccc(C(=O)N2CCC3(CC2)CN(C(C)=O)Cc2ccccc2O3)cc1. The van der Waals surface area contributed by atoms with Gasteiger partial charge in [0.1, 0.15) is 11.4 Å². The molecule has 162 valence electrons. The summed E-state index contributed by atoms with van der Waals surface area (Å²) < 4.78 is 6.48. The van der Waals surface area contributed by atoms with Gasteiger partial charge >= 0.3 is 0 Å². The summed E-state index contributed by atoms with van der Waals surface area (Å²) in [6.07, 6.45) is 1.31. The summed E-state index contributed by atoms with van der Waals surface area (Å²) in [7, 11) is 0. The van der Waals surface area contributed by atoms with Crippen molar-refractivity contribution in [2.45, 2.75) is 38.8 Å². The Morgan fingerprint density at radius 2 is 1.61 bits per heavy atom. The van der Waals surface area contributed by atoms with Gasteiger partial charge in [0.15, 0.2) is 0 Å². The largest absolute Gasteiger partial charge is 0.485 e. The number of carbonyl (C=O) groups excluding carboxylic acids is 3. The third-order valence-corrected chi connectivity index (χ3v) is 6.00. The molecule has 0 aliphatic carbocycles. The number of hydrogen-bond acceptors (Lipinski definition) is 4. The summed E-state index contributed by atoms with van der Waals surface area (Å²) in [4.78, 5) is 40.0. The molecular formula is C24H27N3O4. The van der Waals surface area contributed by atoms with Gasteiger partial charge in [-0.2, -0.15) is 0 Å². The molecule has 7 heteroatoms. The summed E-state index contributed by atoms with van der Waals surface area (Å²) in [5, 5.41) is 2.70. The number of nitrogens with one attached hydrogen (secondary N) is 1. The molecule has 31 heavy (non-hydrogen) atoms. The minimum absolute atomic E-state index is 0.0254. The van der Waals surface area contributed by atoms with Gasteiger partial charge in [0.25, 0.3) is 5.91 Å². The van der Waals surface area contributed by atoms with Crippen molar-refractivity contribution in [1.82, 2.24) is 9.80 Å². The van der Waals surface area contributed by atoms with Crippen LogP contribution in [0.2, 0.25) is 0 Å². The first-order valence-corrected chi connectivity index (χ1v) is 10.5. The third kappa shape index (κ3) is 4.55. The Morgan fingerprint density at radius 1 is 0.935 bits per heavy atom. The number of likely N-dealkylation sites (tertiary alicyclic amines) is 1. The van der Waals surface area contributed by atoms with Crippen LogP contribution in [0.5, 0.6) is 5.75 Å². The number of benzene rings is 2. The van der Waals surface area contributed by atoms with E-state index in [1.54, 1.807) is 31.2 Å². The van der Waals surface area contributed by atoms with Gasteiger partial charge in [0.2, 0.25) is 11.8 Å². The van der Waals surface area contributed by atoms with Gasteiger partial charge in [-0.15, -0.1) is 0 Å². The van der Waals surface area contributed by atoms with E-state index in [1.807, 2.05) is 34.1 Å². The van der Waals surface area contributed by atoms with Crippen LogP contribution in [-0.2, 0) is 16.1 Å². The van der Waals surface area contributed by atoms with Gasteiger partial charge in [0, 0.05) is 63.1 Å². The second-order valence-electron chi connectivity index (χ2n) is 8.32. The zero-order valence-corrected chi connectivity index (χ0v) is 17.9. The summed E-state index contributed by atoms with van der Waals surface area (Å²) in [5.74, 6) is 0.656. The first-order valence-electron chi connectivity index (χ1n) is 10.5. The highest BCUT2D eigenvalue weighted by molar-refractivity contribution is 5.95. The van der Waals surface area contributed by atoms with Gasteiger partial charge in [-0.05, 0) is 30.3 Å². The van der Waals surface area contributed by atoms with Crippen LogP contribution in [0.15, 0.2) is 48.5 Å². The maximum atomic E-state index is 13.0. The number of fused-ring (bicyclic) bond motifs is 1. The number of piperidine rings is 1. The lowest BCUT2D eigenvalue weighted by Gasteiger charge is -2.42. The lowest BCUT2D eigenvalue weighted by Crippen LogP contribution is -2.55. The molecule has 3 amide bonds. The topological polar surface area (TPSA) is 79.0 Å². The second kappa shape index (κ2) is 8.41. The summed E-state index contributed by atoms with van der Waals surface area (Å²) in [5.41, 5.74) is 1.76. The van der Waals surface area contributed by atoms with E-state index < -0.39 is 5.60 Å². The molecule has 7 nitrogen and oxygen atoms in total. The summed E-state index contributed by atoms with van der Waals surface area (Å²) >= 11 is 0. The van der Waals surface area contributed by atoms with Crippen LogP contribution < -0.4 is 10.1 Å². The van der Waals surface area contributed by atoms with Crippen LogP contribution >= 0.6 is 0 Å². The van der Waals surface area contributed by atoms with Crippen molar-refractivity contribution in [3.63, 3.8) is 0 Å². The van der Waals surface area contributed by atoms with Crippen molar-refractivity contribution in [1.29, 1.82) is 0 Å². The Labute approximate surface area is 182 Å². The Kier molecular flexibility index (Phi) is 5.67. The molecule has 2 aliphatic rings. The fraction of sp³-hybridized carbons (Fsp3) is 0.375. The average Bonchev–Trinajstić information content (AvgIpc) is 2.91. The summed E-state index contributed by atoms with van der Waals surface area (Å²) in [6, 6.07) is 14.8. The third-order valence-electron chi connectivity index (χ3n) is 6.00. The highest BCUT2D eigenvalue weighted by Crippen LogP contribution is 2.35. The molecular weight excluding hydrogens is 394 g/mol. The molecule has 1 fully saturated rings. The molecule has 0 unspecified atom stereocenters. The normalized spacial score (nSPS) is 17.4. The fourth-order valence-corrected chi connectivity index (χ4v) is 4.29. The van der Waals surface area contributed by atoms with Gasteiger partial charge < -0.3 is 19.9 Å². The molecule has 1 spiro atoms. The second-order valence-corrected chi connectivity index (χ2v) is 8.32. The minimum Gasteiger partial charge on any atom is -0.485 e. The molecule has 0 bridgehead atoms. The van der Waals surface area contributed by atoms with Gasteiger partial charge in [-0.25, -0.2) is 0 Å².